The van der Waals surface area contributed by atoms with Gasteiger partial charge in [-0.2, -0.15) is 0 Å². The molecule has 2 N–H and O–H groups in total. The van der Waals surface area contributed by atoms with Crippen molar-refractivity contribution >= 4 is 17.3 Å². The lowest BCUT2D eigenvalue weighted by Crippen LogP contribution is -2.40. The van der Waals surface area contributed by atoms with E-state index in [2.05, 4.69) is 37.7 Å². The van der Waals surface area contributed by atoms with Crippen LogP contribution >= 0.6 is 0 Å². The predicted octanol–water partition coefficient (Wildman–Crippen LogP) is 2.14. The number of carbonyl (C=O) groups excluding carboxylic acids is 1. The van der Waals surface area contributed by atoms with Gasteiger partial charge in [0.05, 0.1) is 12.7 Å². The average Bonchev–Trinajstić information content (AvgIpc) is 2.41. The van der Waals surface area contributed by atoms with Gasteiger partial charge in [0, 0.05) is 30.5 Å². The largest absolute Gasteiger partial charge is 0.465 e. The first-order chi connectivity index (χ1) is 9.81. The van der Waals surface area contributed by atoms with Gasteiger partial charge in [0.15, 0.2) is 0 Å². The molecule has 0 amide bonds. The summed E-state index contributed by atoms with van der Waals surface area (Å²) in [5, 5.41) is 0. The minimum atomic E-state index is -0.395. The molecule has 0 saturated heterocycles. The molecule has 0 aliphatic carbocycles. The summed E-state index contributed by atoms with van der Waals surface area (Å²) in [4.78, 5) is 16.3. The molecular formula is C16H27N3O2. The Hall–Kier alpha value is -1.75. The molecule has 0 fully saturated rings. The monoisotopic (exact) mass is 293 g/mol. The molecule has 0 bridgehead atoms. The van der Waals surface area contributed by atoms with E-state index in [-0.39, 0.29) is 0 Å². The summed E-state index contributed by atoms with van der Waals surface area (Å²) in [5.41, 5.74) is 8.81. The Bertz CT molecular complexity index is 501. The Morgan fingerprint density at radius 2 is 2.00 bits per heavy atom. The van der Waals surface area contributed by atoms with Crippen molar-refractivity contribution in [3.05, 3.63) is 23.3 Å². The van der Waals surface area contributed by atoms with E-state index < -0.39 is 5.97 Å². The van der Waals surface area contributed by atoms with Crippen molar-refractivity contribution in [3.8, 4) is 0 Å². The van der Waals surface area contributed by atoms with Crippen molar-refractivity contribution in [2.75, 3.05) is 44.9 Å². The molecule has 0 aliphatic rings. The molecule has 1 atom stereocenters. The SMILES string of the molecule is CCN(c1cc(C)c(N)c(C(=O)OC)c1)C(C)CN(C)C. The molecular weight excluding hydrogens is 266 g/mol. The van der Waals surface area contributed by atoms with Crippen LogP contribution in [0.3, 0.4) is 0 Å². The molecule has 1 aromatic rings. The van der Waals surface area contributed by atoms with Crippen LogP contribution in [-0.4, -0.2) is 51.2 Å². The molecule has 21 heavy (non-hydrogen) atoms. The van der Waals surface area contributed by atoms with Gasteiger partial charge in [-0.25, -0.2) is 4.79 Å². The van der Waals surface area contributed by atoms with Crippen molar-refractivity contribution in [1.29, 1.82) is 0 Å². The number of rotatable bonds is 6. The van der Waals surface area contributed by atoms with Gasteiger partial charge in [-0.1, -0.05) is 0 Å². The molecule has 0 aliphatic heterocycles. The first-order valence-corrected chi connectivity index (χ1v) is 7.21. The second-order valence-corrected chi connectivity index (χ2v) is 5.61. The molecule has 0 heterocycles. The van der Waals surface area contributed by atoms with Crippen LogP contribution in [0, 0.1) is 6.92 Å². The molecule has 1 rings (SSSR count). The Balaban J connectivity index is 3.21. The first-order valence-electron chi connectivity index (χ1n) is 7.21. The maximum Gasteiger partial charge on any atom is 0.340 e. The van der Waals surface area contributed by atoms with Crippen LogP contribution in [0.2, 0.25) is 0 Å². The summed E-state index contributed by atoms with van der Waals surface area (Å²) >= 11 is 0. The molecule has 5 heteroatoms. The number of ether oxygens (including phenoxy) is 1. The fourth-order valence-corrected chi connectivity index (χ4v) is 2.60. The maximum absolute atomic E-state index is 11.9. The van der Waals surface area contributed by atoms with E-state index in [1.807, 2.05) is 19.1 Å². The number of nitrogens with zero attached hydrogens (tertiary/aromatic N) is 2. The second-order valence-electron chi connectivity index (χ2n) is 5.61. The van der Waals surface area contributed by atoms with Crippen LogP contribution in [0.15, 0.2) is 12.1 Å². The van der Waals surface area contributed by atoms with Crippen LogP contribution in [0.25, 0.3) is 0 Å². The zero-order valence-electron chi connectivity index (χ0n) is 13.9. The van der Waals surface area contributed by atoms with Crippen molar-refractivity contribution < 1.29 is 9.53 Å². The first kappa shape index (κ1) is 17.3. The van der Waals surface area contributed by atoms with Gasteiger partial charge in [-0.05, 0) is 52.6 Å². The number of benzene rings is 1. The number of aryl methyl sites for hydroxylation is 1. The van der Waals surface area contributed by atoms with Crippen molar-refractivity contribution in [3.63, 3.8) is 0 Å². The maximum atomic E-state index is 11.9. The van der Waals surface area contributed by atoms with Crippen molar-refractivity contribution in [2.24, 2.45) is 0 Å². The van der Waals surface area contributed by atoms with Gasteiger partial charge in [-0.15, -0.1) is 0 Å². The van der Waals surface area contributed by atoms with Gasteiger partial charge in [-0.3, -0.25) is 0 Å². The molecule has 118 valence electrons. The minimum absolute atomic E-state index is 0.332. The van der Waals surface area contributed by atoms with Gasteiger partial charge >= 0.3 is 5.97 Å². The summed E-state index contributed by atoms with van der Waals surface area (Å²) in [7, 11) is 5.48. The number of methoxy groups -OCH3 is 1. The Kier molecular flexibility index (Phi) is 6.03. The van der Waals surface area contributed by atoms with E-state index >= 15 is 0 Å². The van der Waals surface area contributed by atoms with Crippen LogP contribution in [0.4, 0.5) is 11.4 Å². The molecule has 0 spiro atoms. The Morgan fingerprint density at radius 3 is 2.48 bits per heavy atom. The summed E-state index contributed by atoms with van der Waals surface area (Å²) in [6.07, 6.45) is 0. The fourth-order valence-electron chi connectivity index (χ4n) is 2.60. The summed E-state index contributed by atoms with van der Waals surface area (Å²) in [6.45, 7) is 7.99. The molecule has 0 radical (unpaired) electrons. The standard InChI is InChI=1S/C16H27N3O2/c1-7-19(12(3)10-18(4)5)13-8-11(2)15(17)14(9-13)16(20)21-6/h8-9,12H,7,10,17H2,1-6H3. The van der Waals surface area contributed by atoms with Crippen LogP contribution in [0.5, 0.6) is 0 Å². The smallest absolute Gasteiger partial charge is 0.340 e. The third kappa shape index (κ3) is 4.11. The zero-order valence-corrected chi connectivity index (χ0v) is 13.9. The summed E-state index contributed by atoms with van der Waals surface area (Å²) in [6, 6.07) is 4.18. The number of anilines is 2. The average molecular weight is 293 g/mol. The predicted molar refractivity (Wildman–Crippen MR) is 88.0 cm³/mol. The highest BCUT2D eigenvalue weighted by Gasteiger charge is 2.19. The van der Waals surface area contributed by atoms with Crippen LogP contribution < -0.4 is 10.6 Å². The number of likely N-dealkylation sites (N-methyl/N-ethyl adjacent to an activating group) is 2. The van der Waals surface area contributed by atoms with E-state index in [0.29, 0.717) is 17.3 Å². The van der Waals surface area contributed by atoms with Crippen molar-refractivity contribution in [1.82, 2.24) is 4.90 Å². The normalized spacial score (nSPS) is 12.3. The topological polar surface area (TPSA) is 58.8 Å². The number of esters is 1. The Labute approximate surface area is 127 Å². The third-order valence-corrected chi connectivity index (χ3v) is 3.61. The number of nitrogens with two attached hydrogens (primary N) is 1. The highest BCUT2D eigenvalue weighted by atomic mass is 16.5. The highest BCUT2D eigenvalue weighted by Crippen LogP contribution is 2.27. The summed E-state index contributed by atoms with van der Waals surface area (Å²) in [5.74, 6) is -0.395. The quantitative estimate of drug-likeness (QED) is 0.643. The van der Waals surface area contributed by atoms with Crippen LogP contribution in [-0.2, 0) is 4.74 Å². The van der Waals surface area contributed by atoms with Crippen molar-refractivity contribution in [2.45, 2.75) is 26.8 Å². The lowest BCUT2D eigenvalue weighted by atomic mass is 10.1. The van der Waals surface area contributed by atoms with E-state index in [0.717, 1.165) is 24.3 Å². The molecule has 5 nitrogen and oxygen atoms in total. The lowest BCUT2D eigenvalue weighted by molar-refractivity contribution is 0.0602. The van der Waals surface area contributed by atoms with E-state index in [9.17, 15) is 4.79 Å². The van der Waals surface area contributed by atoms with Gasteiger partial charge < -0.3 is 20.3 Å². The summed E-state index contributed by atoms with van der Waals surface area (Å²) < 4.78 is 4.82. The number of carbonyl (C=O) groups is 1. The van der Waals surface area contributed by atoms with E-state index in [1.165, 1.54) is 7.11 Å². The molecule has 1 unspecified atom stereocenters. The van der Waals surface area contributed by atoms with E-state index in [1.54, 1.807) is 0 Å². The van der Waals surface area contributed by atoms with Gasteiger partial charge in [0.1, 0.15) is 0 Å². The van der Waals surface area contributed by atoms with Gasteiger partial charge in [0.2, 0.25) is 0 Å². The highest BCUT2D eigenvalue weighted by molar-refractivity contribution is 5.97. The Morgan fingerprint density at radius 1 is 1.38 bits per heavy atom. The number of hydrogen-bond acceptors (Lipinski definition) is 5. The van der Waals surface area contributed by atoms with Gasteiger partial charge in [0.25, 0.3) is 0 Å². The fraction of sp³-hybridized carbons (Fsp3) is 0.562. The molecule has 0 saturated carbocycles. The number of hydrogen-bond donors (Lipinski definition) is 1. The lowest BCUT2D eigenvalue weighted by Gasteiger charge is -2.32. The molecule has 1 aromatic carbocycles. The molecule has 0 aromatic heterocycles. The minimum Gasteiger partial charge on any atom is -0.465 e. The van der Waals surface area contributed by atoms with E-state index in [4.69, 9.17) is 10.5 Å². The second kappa shape index (κ2) is 7.31. The zero-order chi connectivity index (χ0) is 16.2. The number of nitrogen functional groups attached to an aromatic ring is 1. The third-order valence-electron chi connectivity index (χ3n) is 3.61. The van der Waals surface area contributed by atoms with Crippen LogP contribution in [0.1, 0.15) is 29.8 Å².